The first kappa shape index (κ1) is 14.1. The predicted molar refractivity (Wildman–Crippen MR) is 76.6 cm³/mol. The highest BCUT2D eigenvalue weighted by Crippen LogP contribution is 2.16. The molecule has 1 N–H and O–H groups in total. The van der Waals surface area contributed by atoms with Gasteiger partial charge < -0.3 is 10.1 Å². The maximum absolute atomic E-state index is 12.8. The average Bonchev–Trinajstić information content (AvgIpc) is 2.41. The minimum absolute atomic E-state index is 0.0467. The summed E-state index contributed by atoms with van der Waals surface area (Å²) in [5.41, 5.74) is 1.04. The number of carbonyl (C=O) groups is 1. The molecule has 0 aliphatic rings. The van der Waals surface area contributed by atoms with Crippen molar-refractivity contribution in [2.75, 3.05) is 5.32 Å². The van der Waals surface area contributed by atoms with Crippen LogP contribution in [0, 0.1) is 5.82 Å². The SMILES string of the molecule is CC(C)Oc1cccc(C(=O)Nc2ccc(F)cc2)c1. The molecule has 0 radical (unpaired) electrons. The standard InChI is InChI=1S/C16H16FNO2/c1-11(2)20-15-5-3-4-12(10-15)16(19)18-14-8-6-13(17)7-9-14/h3-11H,1-2H3,(H,18,19). The minimum atomic E-state index is -0.338. The summed E-state index contributed by atoms with van der Waals surface area (Å²) in [6.45, 7) is 3.84. The first-order valence-electron chi connectivity index (χ1n) is 6.38. The molecule has 2 aromatic carbocycles. The average molecular weight is 273 g/mol. The molecule has 0 fully saturated rings. The summed E-state index contributed by atoms with van der Waals surface area (Å²) in [5, 5.41) is 2.70. The fourth-order valence-corrected chi connectivity index (χ4v) is 1.72. The number of hydrogen-bond donors (Lipinski definition) is 1. The zero-order valence-electron chi connectivity index (χ0n) is 11.4. The van der Waals surface area contributed by atoms with E-state index >= 15 is 0 Å². The molecule has 0 heterocycles. The number of rotatable bonds is 4. The number of amides is 1. The molecule has 0 aromatic heterocycles. The Labute approximate surface area is 117 Å². The molecule has 1 amide bonds. The molecule has 0 saturated carbocycles. The Morgan fingerprint density at radius 1 is 1.15 bits per heavy atom. The van der Waals surface area contributed by atoms with Crippen LogP contribution in [0.4, 0.5) is 10.1 Å². The third-order valence-electron chi connectivity index (χ3n) is 2.57. The van der Waals surface area contributed by atoms with Gasteiger partial charge in [-0.3, -0.25) is 4.79 Å². The highest BCUT2D eigenvalue weighted by molar-refractivity contribution is 6.04. The third-order valence-corrected chi connectivity index (χ3v) is 2.57. The maximum atomic E-state index is 12.8. The first-order chi connectivity index (χ1) is 9.54. The van der Waals surface area contributed by atoms with Gasteiger partial charge in [-0.15, -0.1) is 0 Å². The maximum Gasteiger partial charge on any atom is 0.255 e. The summed E-state index contributed by atoms with van der Waals surface area (Å²) >= 11 is 0. The molecular formula is C16H16FNO2. The van der Waals surface area contributed by atoms with Crippen molar-refractivity contribution in [3.63, 3.8) is 0 Å². The number of anilines is 1. The molecule has 2 aromatic rings. The van der Waals surface area contributed by atoms with E-state index in [4.69, 9.17) is 4.74 Å². The lowest BCUT2D eigenvalue weighted by Gasteiger charge is -2.11. The molecular weight excluding hydrogens is 257 g/mol. The van der Waals surface area contributed by atoms with Crippen LogP contribution in [-0.4, -0.2) is 12.0 Å². The molecule has 2 rings (SSSR count). The van der Waals surface area contributed by atoms with E-state index in [1.54, 1.807) is 24.3 Å². The Morgan fingerprint density at radius 3 is 2.50 bits per heavy atom. The lowest BCUT2D eigenvalue weighted by Crippen LogP contribution is -2.12. The van der Waals surface area contributed by atoms with Crippen molar-refractivity contribution in [2.24, 2.45) is 0 Å². The number of nitrogens with one attached hydrogen (secondary N) is 1. The van der Waals surface area contributed by atoms with Crippen LogP contribution in [0.15, 0.2) is 48.5 Å². The highest BCUT2D eigenvalue weighted by Gasteiger charge is 2.08. The first-order valence-corrected chi connectivity index (χ1v) is 6.38. The summed E-state index contributed by atoms with van der Waals surface area (Å²) < 4.78 is 18.3. The lowest BCUT2D eigenvalue weighted by atomic mass is 10.2. The van der Waals surface area contributed by atoms with Crippen LogP contribution in [0.5, 0.6) is 5.75 Å². The molecule has 4 heteroatoms. The van der Waals surface area contributed by atoms with Crippen LogP contribution < -0.4 is 10.1 Å². The summed E-state index contributed by atoms with van der Waals surface area (Å²) in [7, 11) is 0. The van der Waals surface area contributed by atoms with Crippen molar-refractivity contribution in [1.82, 2.24) is 0 Å². The number of hydrogen-bond acceptors (Lipinski definition) is 2. The number of ether oxygens (including phenoxy) is 1. The molecule has 0 aliphatic heterocycles. The van der Waals surface area contributed by atoms with Gasteiger partial charge in [0.2, 0.25) is 0 Å². The van der Waals surface area contributed by atoms with Gasteiger partial charge in [0.15, 0.2) is 0 Å². The molecule has 20 heavy (non-hydrogen) atoms. The molecule has 0 aliphatic carbocycles. The largest absolute Gasteiger partial charge is 0.491 e. The Bertz CT molecular complexity index is 594. The van der Waals surface area contributed by atoms with E-state index < -0.39 is 0 Å². The topological polar surface area (TPSA) is 38.3 Å². The van der Waals surface area contributed by atoms with Crippen LogP contribution in [0.3, 0.4) is 0 Å². The van der Waals surface area contributed by atoms with E-state index in [9.17, 15) is 9.18 Å². The van der Waals surface area contributed by atoms with Gasteiger partial charge in [0, 0.05) is 11.3 Å². The highest BCUT2D eigenvalue weighted by atomic mass is 19.1. The zero-order valence-corrected chi connectivity index (χ0v) is 11.4. The fraction of sp³-hybridized carbons (Fsp3) is 0.188. The second-order valence-electron chi connectivity index (χ2n) is 4.66. The lowest BCUT2D eigenvalue weighted by molar-refractivity contribution is 0.102. The molecule has 3 nitrogen and oxygen atoms in total. The quantitative estimate of drug-likeness (QED) is 0.918. The van der Waals surface area contributed by atoms with Gasteiger partial charge in [-0.05, 0) is 56.3 Å². The Morgan fingerprint density at radius 2 is 1.85 bits per heavy atom. The van der Waals surface area contributed by atoms with Crippen molar-refractivity contribution in [2.45, 2.75) is 20.0 Å². The number of carbonyl (C=O) groups excluding carboxylic acids is 1. The minimum Gasteiger partial charge on any atom is -0.491 e. The van der Waals surface area contributed by atoms with E-state index in [2.05, 4.69) is 5.32 Å². The summed E-state index contributed by atoms with van der Waals surface area (Å²) in [6, 6.07) is 12.6. The fourth-order valence-electron chi connectivity index (χ4n) is 1.72. The van der Waals surface area contributed by atoms with Crippen molar-refractivity contribution in [3.05, 3.63) is 59.9 Å². The van der Waals surface area contributed by atoms with Crippen molar-refractivity contribution < 1.29 is 13.9 Å². The Kier molecular flexibility index (Phi) is 4.35. The summed E-state index contributed by atoms with van der Waals surface area (Å²) in [5.74, 6) is 0.0490. The third kappa shape index (κ3) is 3.82. The smallest absolute Gasteiger partial charge is 0.255 e. The van der Waals surface area contributed by atoms with Gasteiger partial charge in [-0.25, -0.2) is 4.39 Å². The van der Waals surface area contributed by atoms with Crippen LogP contribution in [-0.2, 0) is 0 Å². The van der Waals surface area contributed by atoms with Gasteiger partial charge in [-0.2, -0.15) is 0 Å². The summed E-state index contributed by atoms with van der Waals surface area (Å²) in [6.07, 6.45) is 0.0467. The second-order valence-corrected chi connectivity index (χ2v) is 4.66. The van der Waals surface area contributed by atoms with E-state index in [0.29, 0.717) is 17.0 Å². The predicted octanol–water partition coefficient (Wildman–Crippen LogP) is 3.87. The van der Waals surface area contributed by atoms with E-state index in [1.807, 2.05) is 13.8 Å². The van der Waals surface area contributed by atoms with Crippen LogP contribution >= 0.6 is 0 Å². The van der Waals surface area contributed by atoms with Gasteiger partial charge in [0.1, 0.15) is 11.6 Å². The van der Waals surface area contributed by atoms with Crippen molar-refractivity contribution in [3.8, 4) is 5.75 Å². The monoisotopic (exact) mass is 273 g/mol. The van der Waals surface area contributed by atoms with Crippen LogP contribution in [0.25, 0.3) is 0 Å². The molecule has 0 unspecified atom stereocenters. The summed E-state index contributed by atoms with van der Waals surface area (Å²) in [4.78, 5) is 12.1. The second kappa shape index (κ2) is 6.19. The van der Waals surface area contributed by atoms with Crippen LogP contribution in [0.2, 0.25) is 0 Å². The van der Waals surface area contributed by atoms with Crippen molar-refractivity contribution in [1.29, 1.82) is 0 Å². The van der Waals surface area contributed by atoms with E-state index in [0.717, 1.165) is 0 Å². The molecule has 0 atom stereocenters. The molecule has 104 valence electrons. The van der Waals surface area contributed by atoms with Crippen molar-refractivity contribution >= 4 is 11.6 Å². The zero-order chi connectivity index (χ0) is 14.5. The molecule has 0 bridgehead atoms. The van der Waals surface area contributed by atoms with E-state index in [1.165, 1.54) is 24.3 Å². The molecule has 0 spiro atoms. The van der Waals surface area contributed by atoms with Crippen LogP contribution in [0.1, 0.15) is 24.2 Å². The molecule has 0 saturated heterocycles. The van der Waals surface area contributed by atoms with E-state index in [-0.39, 0.29) is 17.8 Å². The van der Waals surface area contributed by atoms with Gasteiger partial charge in [0.25, 0.3) is 5.91 Å². The number of benzene rings is 2. The Balaban J connectivity index is 2.10. The van der Waals surface area contributed by atoms with Gasteiger partial charge in [-0.1, -0.05) is 6.07 Å². The Hall–Kier alpha value is -2.36. The normalized spacial score (nSPS) is 10.4. The number of halogens is 1. The van der Waals surface area contributed by atoms with Gasteiger partial charge in [0.05, 0.1) is 6.10 Å². The van der Waals surface area contributed by atoms with Gasteiger partial charge >= 0.3 is 0 Å².